The van der Waals surface area contributed by atoms with Crippen LogP contribution in [0, 0.1) is 0 Å². The Balaban J connectivity index is 2.73. The Morgan fingerprint density at radius 3 is 2.50 bits per heavy atom. The number of nitrogens with zero attached hydrogens (tertiary/aromatic N) is 1. The zero-order valence-electron chi connectivity index (χ0n) is 13.3. The summed E-state index contributed by atoms with van der Waals surface area (Å²) in [6.07, 6.45) is 1.79. The molecule has 0 spiro atoms. The maximum Gasteiger partial charge on any atom is 0.243 e. The summed E-state index contributed by atoms with van der Waals surface area (Å²) < 4.78 is 30.4. The normalized spacial score (nSPS) is 12.7. The van der Waals surface area contributed by atoms with Gasteiger partial charge in [-0.1, -0.05) is 18.2 Å². The molecule has 0 aromatic heterocycles. The molecule has 22 heavy (non-hydrogen) atoms. The van der Waals surface area contributed by atoms with E-state index in [4.69, 9.17) is 4.74 Å². The molecule has 7 heteroatoms. The number of rotatable bonds is 9. The van der Waals surface area contributed by atoms with Gasteiger partial charge in [-0.2, -0.15) is 0 Å². The van der Waals surface area contributed by atoms with Gasteiger partial charge in [-0.3, -0.25) is 9.10 Å². The Labute approximate surface area is 132 Å². The quantitative estimate of drug-likeness (QED) is 0.695. The van der Waals surface area contributed by atoms with Crippen molar-refractivity contribution in [1.29, 1.82) is 0 Å². The zero-order valence-corrected chi connectivity index (χ0v) is 14.1. The number of carbonyl (C=O) groups is 1. The molecule has 6 nitrogen and oxygen atoms in total. The molecule has 1 aromatic rings. The first-order valence-electron chi connectivity index (χ1n) is 7.27. The van der Waals surface area contributed by atoms with E-state index in [0.717, 1.165) is 10.6 Å². The lowest BCUT2D eigenvalue weighted by atomic mass is 10.2. The van der Waals surface area contributed by atoms with Crippen LogP contribution in [-0.2, 0) is 19.6 Å². The lowest BCUT2D eigenvalue weighted by Crippen LogP contribution is -2.48. The molecule has 1 atom stereocenters. The van der Waals surface area contributed by atoms with E-state index in [1.54, 1.807) is 37.3 Å². The van der Waals surface area contributed by atoms with Crippen LogP contribution in [0.3, 0.4) is 0 Å². The summed E-state index contributed by atoms with van der Waals surface area (Å²) in [5, 5.41) is 2.74. The minimum absolute atomic E-state index is 0.328. The third kappa shape index (κ3) is 5.65. The van der Waals surface area contributed by atoms with Crippen LogP contribution in [-0.4, -0.2) is 46.4 Å². The SMILES string of the molecule is CCOCCCNC(=O)[C@@H](C)N(c1ccccc1)S(C)(=O)=O. The first-order valence-corrected chi connectivity index (χ1v) is 9.12. The van der Waals surface area contributed by atoms with Gasteiger partial charge < -0.3 is 10.1 Å². The topological polar surface area (TPSA) is 75.7 Å². The predicted molar refractivity (Wildman–Crippen MR) is 87.3 cm³/mol. The van der Waals surface area contributed by atoms with Crippen molar-refractivity contribution in [3.05, 3.63) is 30.3 Å². The van der Waals surface area contributed by atoms with Crippen LogP contribution in [0.4, 0.5) is 5.69 Å². The Hall–Kier alpha value is -1.60. The van der Waals surface area contributed by atoms with Gasteiger partial charge in [-0.25, -0.2) is 8.42 Å². The van der Waals surface area contributed by atoms with Crippen molar-refractivity contribution in [3.8, 4) is 0 Å². The van der Waals surface area contributed by atoms with Crippen molar-refractivity contribution in [2.75, 3.05) is 30.3 Å². The molecule has 0 aliphatic carbocycles. The zero-order chi connectivity index (χ0) is 16.6. The first kappa shape index (κ1) is 18.4. The smallest absolute Gasteiger partial charge is 0.243 e. The number of carbonyl (C=O) groups excluding carboxylic acids is 1. The Morgan fingerprint density at radius 1 is 1.32 bits per heavy atom. The van der Waals surface area contributed by atoms with E-state index in [2.05, 4.69) is 5.32 Å². The molecule has 1 N–H and O–H groups in total. The van der Waals surface area contributed by atoms with Gasteiger partial charge >= 0.3 is 0 Å². The van der Waals surface area contributed by atoms with Gasteiger partial charge in [0, 0.05) is 19.8 Å². The average Bonchev–Trinajstić information content (AvgIpc) is 2.46. The van der Waals surface area contributed by atoms with Crippen LogP contribution < -0.4 is 9.62 Å². The molecule has 1 aromatic carbocycles. The van der Waals surface area contributed by atoms with E-state index in [-0.39, 0.29) is 5.91 Å². The number of sulfonamides is 1. The number of para-hydroxylation sites is 1. The van der Waals surface area contributed by atoms with Gasteiger partial charge in [0.2, 0.25) is 15.9 Å². The standard InChI is InChI=1S/C15H24N2O4S/c1-4-21-12-8-11-16-15(18)13(2)17(22(3,19)20)14-9-6-5-7-10-14/h5-7,9-10,13H,4,8,11-12H2,1-3H3,(H,16,18)/t13-/m1/s1. The molecule has 0 bridgehead atoms. The van der Waals surface area contributed by atoms with Crippen LogP contribution in [0.25, 0.3) is 0 Å². The number of anilines is 1. The van der Waals surface area contributed by atoms with E-state index in [9.17, 15) is 13.2 Å². The molecule has 0 aliphatic heterocycles. The fourth-order valence-electron chi connectivity index (χ4n) is 2.06. The Morgan fingerprint density at radius 2 is 1.95 bits per heavy atom. The largest absolute Gasteiger partial charge is 0.382 e. The summed E-state index contributed by atoms with van der Waals surface area (Å²) in [4.78, 5) is 12.2. The molecular formula is C15H24N2O4S. The number of hydrogen-bond donors (Lipinski definition) is 1. The van der Waals surface area contributed by atoms with Crippen molar-refractivity contribution in [2.45, 2.75) is 26.3 Å². The third-order valence-electron chi connectivity index (χ3n) is 3.07. The van der Waals surface area contributed by atoms with Crippen LogP contribution >= 0.6 is 0 Å². The summed E-state index contributed by atoms with van der Waals surface area (Å²) in [7, 11) is -3.55. The van der Waals surface area contributed by atoms with Gasteiger partial charge in [0.25, 0.3) is 0 Å². The van der Waals surface area contributed by atoms with E-state index >= 15 is 0 Å². The van der Waals surface area contributed by atoms with Crippen molar-refractivity contribution in [3.63, 3.8) is 0 Å². The van der Waals surface area contributed by atoms with Gasteiger partial charge in [-0.15, -0.1) is 0 Å². The van der Waals surface area contributed by atoms with Crippen LogP contribution in [0.2, 0.25) is 0 Å². The molecular weight excluding hydrogens is 304 g/mol. The monoisotopic (exact) mass is 328 g/mol. The number of ether oxygens (including phenoxy) is 1. The summed E-state index contributed by atoms with van der Waals surface area (Å²) in [6.45, 7) is 5.14. The molecule has 0 saturated carbocycles. The second-order valence-electron chi connectivity index (χ2n) is 4.91. The maximum atomic E-state index is 12.2. The molecule has 0 aliphatic rings. The molecule has 0 heterocycles. The van der Waals surface area contributed by atoms with E-state index in [1.807, 2.05) is 6.92 Å². The van der Waals surface area contributed by atoms with Crippen LogP contribution in [0.5, 0.6) is 0 Å². The molecule has 1 amide bonds. The second-order valence-corrected chi connectivity index (χ2v) is 6.77. The van der Waals surface area contributed by atoms with Gasteiger partial charge in [0.15, 0.2) is 0 Å². The van der Waals surface area contributed by atoms with Crippen molar-refractivity contribution >= 4 is 21.6 Å². The Bertz CT molecular complexity index is 560. The van der Waals surface area contributed by atoms with Crippen molar-refractivity contribution < 1.29 is 17.9 Å². The van der Waals surface area contributed by atoms with Crippen LogP contribution in [0.15, 0.2) is 30.3 Å². The van der Waals surface area contributed by atoms with Crippen LogP contribution in [0.1, 0.15) is 20.3 Å². The summed E-state index contributed by atoms with van der Waals surface area (Å²) >= 11 is 0. The minimum atomic E-state index is -3.55. The second kappa shape index (κ2) is 8.75. The fraction of sp³-hybridized carbons (Fsp3) is 0.533. The lowest BCUT2D eigenvalue weighted by Gasteiger charge is -2.28. The highest BCUT2D eigenvalue weighted by atomic mass is 32.2. The summed E-state index contributed by atoms with van der Waals surface area (Å²) in [6, 6.07) is 7.78. The molecule has 0 saturated heterocycles. The maximum absolute atomic E-state index is 12.2. The van der Waals surface area contributed by atoms with E-state index in [0.29, 0.717) is 31.9 Å². The first-order chi connectivity index (χ1) is 10.4. The minimum Gasteiger partial charge on any atom is -0.382 e. The van der Waals surface area contributed by atoms with Gasteiger partial charge in [0.05, 0.1) is 11.9 Å². The Kier molecular flexibility index (Phi) is 7.34. The number of benzene rings is 1. The highest BCUT2D eigenvalue weighted by Crippen LogP contribution is 2.20. The molecule has 0 fully saturated rings. The number of hydrogen-bond acceptors (Lipinski definition) is 4. The van der Waals surface area contributed by atoms with Crippen molar-refractivity contribution in [1.82, 2.24) is 5.32 Å². The fourth-order valence-corrected chi connectivity index (χ4v) is 3.24. The third-order valence-corrected chi connectivity index (χ3v) is 4.31. The molecule has 0 radical (unpaired) electrons. The average molecular weight is 328 g/mol. The number of amides is 1. The van der Waals surface area contributed by atoms with E-state index < -0.39 is 16.1 Å². The summed E-state index contributed by atoms with van der Waals surface area (Å²) in [5.41, 5.74) is 0.474. The van der Waals surface area contributed by atoms with Gasteiger partial charge in [0.1, 0.15) is 6.04 Å². The molecule has 1 rings (SSSR count). The predicted octanol–water partition coefficient (Wildman–Crippen LogP) is 1.38. The van der Waals surface area contributed by atoms with Crippen molar-refractivity contribution in [2.24, 2.45) is 0 Å². The highest BCUT2D eigenvalue weighted by Gasteiger charge is 2.28. The number of nitrogens with one attached hydrogen (secondary N) is 1. The van der Waals surface area contributed by atoms with Gasteiger partial charge in [-0.05, 0) is 32.4 Å². The van der Waals surface area contributed by atoms with E-state index in [1.165, 1.54) is 0 Å². The molecule has 0 unspecified atom stereocenters. The molecule has 124 valence electrons. The summed E-state index contributed by atoms with van der Waals surface area (Å²) in [5.74, 6) is -0.328. The lowest BCUT2D eigenvalue weighted by molar-refractivity contribution is -0.121. The highest BCUT2D eigenvalue weighted by molar-refractivity contribution is 7.92.